The van der Waals surface area contributed by atoms with Crippen molar-refractivity contribution in [3.63, 3.8) is 0 Å². The lowest BCUT2D eigenvalue weighted by atomic mass is 10.3. The van der Waals surface area contributed by atoms with Gasteiger partial charge in [0.25, 0.3) is 5.91 Å². The van der Waals surface area contributed by atoms with Crippen molar-refractivity contribution < 1.29 is 45.8 Å². The molecule has 1 aliphatic heterocycles. The first kappa shape index (κ1) is 23.9. The number of nitrogens with one attached hydrogen (secondary N) is 3. The molecule has 3 rings (SSSR count). The molecule has 0 unspecified atom stereocenters. The third-order valence-electron chi connectivity index (χ3n) is 3.94. The highest BCUT2D eigenvalue weighted by Crippen LogP contribution is 2.42. The molecule has 0 aliphatic carbocycles. The van der Waals surface area contributed by atoms with Gasteiger partial charge in [0.15, 0.2) is 18.1 Å². The Bertz CT molecular complexity index is 1190. The zero-order chi connectivity index (χ0) is 24.2. The molecule has 0 spiro atoms. The summed E-state index contributed by atoms with van der Waals surface area (Å²) in [4.78, 5) is 34.5. The molecule has 0 radical (unpaired) electrons. The number of esters is 1. The van der Waals surface area contributed by atoms with Crippen LogP contribution in [0.3, 0.4) is 0 Å². The van der Waals surface area contributed by atoms with E-state index in [0.717, 1.165) is 12.1 Å². The first-order chi connectivity index (χ1) is 15.4. The van der Waals surface area contributed by atoms with Crippen molar-refractivity contribution in [3.05, 3.63) is 42.5 Å². The van der Waals surface area contributed by atoms with E-state index in [-0.39, 0.29) is 28.0 Å². The Morgan fingerprint density at radius 1 is 0.970 bits per heavy atom. The third kappa shape index (κ3) is 6.60. The van der Waals surface area contributed by atoms with Gasteiger partial charge in [-0.05, 0) is 36.4 Å². The van der Waals surface area contributed by atoms with E-state index in [1.807, 2.05) is 4.72 Å². The number of anilines is 2. The van der Waals surface area contributed by atoms with E-state index in [1.54, 1.807) is 0 Å². The van der Waals surface area contributed by atoms with Crippen LogP contribution in [0.5, 0.6) is 11.5 Å². The van der Waals surface area contributed by atoms with Crippen LogP contribution in [-0.4, -0.2) is 45.6 Å². The van der Waals surface area contributed by atoms with Gasteiger partial charge in [-0.2, -0.15) is 4.72 Å². The van der Waals surface area contributed by atoms with Crippen molar-refractivity contribution in [2.75, 3.05) is 23.8 Å². The van der Waals surface area contributed by atoms with Gasteiger partial charge >= 0.3 is 12.3 Å². The van der Waals surface area contributed by atoms with Gasteiger partial charge in [0.05, 0.1) is 4.90 Å². The van der Waals surface area contributed by atoms with Crippen LogP contribution in [0.25, 0.3) is 0 Å². The van der Waals surface area contributed by atoms with Crippen molar-refractivity contribution in [3.8, 4) is 11.5 Å². The van der Waals surface area contributed by atoms with Gasteiger partial charge in [0, 0.05) is 24.4 Å². The number of halogens is 2. The molecule has 11 nitrogen and oxygen atoms in total. The number of alkyl halides is 2. The average Bonchev–Trinajstić information content (AvgIpc) is 3.04. The van der Waals surface area contributed by atoms with Crippen LogP contribution >= 0.6 is 0 Å². The number of carbonyl (C=O) groups is 3. The fourth-order valence-electron chi connectivity index (χ4n) is 2.58. The number of ether oxygens (including phenoxy) is 3. The fourth-order valence-corrected chi connectivity index (χ4v) is 3.55. The molecule has 0 aromatic heterocycles. The highest BCUT2D eigenvalue weighted by molar-refractivity contribution is 7.89. The quantitative estimate of drug-likeness (QED) is 0.476. The minimum Gasteiger partial charge on any atom is -0.455 e. The summed E-state index contributed by atoms with van der Waals surface area (Å²) < 4.78 is 65.7. The maximum atomic E-state index is 13.0. The summed E-state index contributed by atoms with van der Waals surface area (Å²) >= 11 is 0. The molecule has 0 saturated carbocycles. The fraction of sp³-hybridized carbons (Fsp3) is 0.211. The van der Waals surface area contributed by atoms with Crippen LogP contribution in [-0.2, 0) is 29.1 Å². The topological polar surface area (TPSA) is 149 Å². The predicted molar refractivity (Wildman–Crippen MR) is 108 cm³/mol. The Hall–Kier alpha value is -3.78. The monoisotopic (exact) mass is 485 g/mol. The van der Waals surface area contributed by atoms with Gasteiger partial charge in [-0.3, -0.25) is 14.4 Å². The SMILES string of the molecule is CC(=O)Nc1ccc(S(=O)(=O)NCC(=O)OCC(=O)Nc2ccc3c(c2)OC(F)(F)O3)cc1. The van der Waals surface area contributed by atoms with Crippen LogP contribution in [0.15, 0.2) is 47.4 Å². The predicted octanol–water partition coefficient (Wildman–Crippen LogP) is 1.43. The van der Waals surface area contributed by atoms with E-state index >= 15 is 0 Å². The van der Waals surface area contributed by atoms with Crippen LogP contribution in [0.1, 0.15) is 6.92 Å². The molecule has 2 amide bonds. The number of sulfonamides is 1. The molecular weight excluding hydrogens is 468 g/mol. The van der Waals surface area contributed by atoms with Gasteiger partial charge in [0.2, 0.25) is 15.9 Å². The second-order valence-corrected chi connectivity index (χ2v) is 8.33. The summed E-state index contributed by atoms with van der Waals surface area (Å²) in [5.74, 6) is -2.65. The number of hydrogen-bond donors (Lipinski definition) is 3. The maximum Gasteiger partial charge on any atom is 0.586 e. The Kier molecular flexibility index (Phi) is 6.78. The Morgan fingerprint density at radius 2 is 1.61 bits per heavy atom. The maximum absolute atomic E-state index is 13.0. The van der Waals surface area contributed by atoms with Gasteiger partial charge < -0.3 is 24.8 Å². The van der Waals surface area contributed by atoms with Crippen molar-refractivity contribution in [1.82, 2.24) is 4.72 Å². The first-order valence-corrected chi connectivity index (χ1v) is 10.6. The summed E-state index contributed by atoms with van der Waals surface area (Å²) in [7, 11) is -4.05. The van der Waals surface area contributed by atoms with Crippen molar-refractivity contribution in [2.45, 2.75) is 18.1 Å². The zero-order valence-electron chi connectivity index (χ0n) is 16.9. The summed E-state index contributed by atoms with van der Waals surface area (Å²) in [6.45, 7) is -0.201. The highest BCUT2D eigenvalue weighted by atomic mass is 32.2. The lowest BCUT2D eigenvalue weighted by Gasteiger charge is -2.09. The molecule has 14 heteroatoms. The number of hydrogen-bond acceptors (Lipinski definition) is 8. The molecule has 2 aromatic carbocycles. The van der Waals surface area contributed by atoms with E-state index in [4.69, 9.17) is 4.74 Å². The van der Waals surface area contributed by atoms with Crippen LogP contribution in [0.4, 0.5) is 20.2 Å². The largest absolute Gasteiger partial charge is 0.586 e. The molecule has 2 aromatic rings. The lowest BCUT2D eigenvalue weighted by Crippen LogP contribution is -2.32. The van der Waals surface area contributed by atoms with Crippen molar-refractivity contribution in [1.29, 1.82) is 0 Å². The molecule has 3 N–H and O–H groups in total. The van der Waals surface area contributed by atoms with Gasteiger partial charge in [0.1, 0.15) is 6.54 Å². The number of fused-ring (bicyclic) bond motifs is 1. The van der Waals surface area contributed by atoms with Gasteiger partial charge in [-0.1, -0.05) is 0 Å². The smallest absolute Gasteiger partial charge is 0.455 e. The average molecular weight is 485 g/mol. The standard InChI is InChI=1S/C19H17F2N3O8S/c1-11(25)23-12-2-5-14(6-3-12)33(28,29)22-9-18(27)30-10-17(26)24-13-4-7-15-16(8-13)32-19(20,21)31-15/h2-8,22H,9-10H2,1H3,(H,23,25)(H,24,26). The molecule has 1 aliphatic rings. The first-order valence-electron chi connectivity index (χ1n) is 9.16. The zero-order valence-corrected chi connectivity index (χ0v) is 17.7. The second-order valence-electron chi connectivity index (χ2n) is 6.57. The second kappa shape index (κ2) is 9.38. The van der Waals surface area contributed by atoms with Crippen molar-refractivity contribution >= 4 is 39.2 Å². The molecule has 33 heavy (non-hydrogen) atoms. The normalized spacial score (nSPS) is 13.8. The number of benzene rings is 2. The molecule has 1 heterocycles. The Labute approximate surface area is 186 Å². The Balaban J connectivity index is 1.45. The summed E-state index contributed by atoms with van der Waals surface area (Å²) in [6, 6.07) is 8.73. The number of carbonyl (C=O) groups excluding carboxylic acids is 3. The molecule has 0 bridgehead atoms. The van der Waals surface area contributed by atoms with Crippen LogP contribution in [0.2, 0.25) is 0 Å². The minimum atomic E-state index is -4.05. The molecule has 0 saturated heterocycles. The van der Waals surface area contributed by atoms with E-state index in [1.165, 1.54) is 37.3 Å². The van der Waals surface area contributed by atoms with E-state index in [0.29, 0.717) is 5.69 Å². The third-order valence-corrected chi connectivity index (χ3v) is 5.36. The van der Waals surface area contributed by atoms with E-state index in [9.17, 15) is 31.6 Å². The lowest BCUT2D eigenvalue weighted by molar-refractivity contribution is -0.286. The van der Waals surface area contributed by atoms with Gasteiger partial charge in [-0.15, -0.1) is 8.78 Å². The van der Waals surface area contributed by atoms with Crippen LogP contribution < -0.4 is 24.8 Å². The number of rotatable bonds is 8. The molecule has 0 fully saturated rings. The van der Waals surface area contributed by atoms with Crippen LogP contribution in [0, 0.1) is 0 Å². The Morgan fingerprint density at radius 3 is 2.27 bits per heavy atom. The number of amides is 2. The highest BCUT2D eigenvalue weighted by Gasteiger charge is 2.43. The summed E-state index contributed by atoms with van der Waals surface area (Å²) in [5.41, 5.74) is 0.475. The van der Waals surface area contributed by atoms with Crippen molar-refractivity contribution in [2.24, 2.45) is 0 Å². The van der Waals surface area contributed by atoms with E-state index in [2.05, 4.69) is 20.1 Å². The summed E-state index contributed by atoms with van der Waals surface area (Å²) in [6.07, 6.45) is -3.80. The van der Waals surface area contributed by atoms with E-state index < -0.39 is 41.3 Å². The molecular formula is C19H17F2N3O8S. The minimum absolute atomic E-state index is 0.0829. The molecule has 176 valence electrons. The van der Waals surface area contributed by atoms with Gasteiger partial charge in [-0.25, -0.2) is 8.42 Å². The summed E-state index contributed by atoms with van der Waals surface area (Å²) in [5, 5.41) is 4.79. The molecule has 0 atom stereocenters.